The van der Waals surface area contributed by atoms with Gasteiger partial charge in [-0.2, -0.15) is 0 Å². The van der Waals surface area contributed by atoms with Crippen LogP contribution in [0, 0.1) is 5.92 Å². The van der Waals surface area contributed by atoms with Crippen molar-refractivity contribution in [3.05, 3.63) is 0 Å². The lowest BCUT2D eigenvalue weighted by Gasteiger charge is -2.36. The number of urea groups is 1. The second kappa shape index (κ2) is 8.82. The molecule has 0 rings (SSSR count). The highest BCUT2D eigenvalue weighted by molar-refractivity contribution is 5.75. The Labute approximate surface area is 122 Å². The molecular weight excluding hydrogens is 256 g/mol. The molecule has 5 nitrogen and oxygen atoms in total. The summed E-state index contributed by atoms with van der Waals surface area (Å²) >= 11 is 0. The minimum absolute atomic E-state index is 0.00842. The number of hydrogen-bond acceptors (Lipinski definition) is 2. The molecule has 0 aliphatic rings. The summed E-state index contributed by atoms with van der Waals surface area (Å²) in [6.45, 7) is 13.3. The van der Waals surface area contributed by atoms with Crippen molar-refractivity contribution in [3.8, 4) is 0 Å². The maximum Gasteiger partial charge on any atom is 0.320 e. The smallest absolute Gasteiger partial charge is 0.320 e. The maximum absolute atomic E-state index is 12.6. The first-order chi connectivity index (χ1) is 9.16. The van der Waals surface area contributed by atoms with E-state index >= 15 is 0 Å². The number of carboxylic acids is 1. The Hall–Kier alpha value is -1.26. The van der Waals surface area contributed by atoms with Gasteiger partial charge in [0.2, 0.25) is 0 Å². The quantitative estimate of drug-likeness (QED) is 0.746. The molecule has 0 bridgehead atoms. The third-order valence-electron chi connectivity index (χ3n) is 3.09. The fourth-order valence-corrected chi connectivity index (χ4v) is 2.04. The first-order valence-electron chi connectivity index (χ1n) is 7.45. The van der Waals surface area contributed by atoms with Crippen LogP contribution in [0.15, 0.2) is 0 Å². The molecular formula is C15H30N2O3. The van der Waals surface area contributed by atoms with Crippen molar-refractivity contribution in [1.82, 2.24) is 9.80 Å². The Balaban J connectivity index is 4.77. The number of carbonyl (C=O) groups is 2. The van der Waals surface area contributed by atoms with E-state index < -0.39 is 5.97 Å². The number of amides is 2. The summed E-state index contributed by atoms with van der Waals surface area (Å²) in [5.41, 5.74) is 0. The lowest BCUT2D eigenvalue weighted by atomic mass is 10.2. The van der Waals surface area contributed by atoms with E-state index in [1.807, 2.05) is 32.6 Å². The minimum Gasteiger partial charge on any atom is -0.481 e. The van der Waals surface area contributed by atoms with Gasteiger partial charge < -0.3 is 14.9 Å². The van der Waals surface area contributed by atoms with Gasteiger partial charge in [-0.15, -0.1) is 0 Å². The molecule has 118 valence electrons. The number of nitrogens with zero attached hydrogens (tertiary/aromatic N) is 2. The van der Waals surface area contributed by atoms with E-state index in [0.29, 0.717) is 18.9 Å². The van der Waals surface area contributed by atoms with Crippen LogP contribution in [0.3, 0.4) is 0 Å². The summed E-state index contributed by atoms with van der Waals surface area (Å²) in [4.78, 5) is 26.9. The van der Waals surface area contributed by atoms with Crippen LogP contribution in [0.5, 0.6) is 0 Å². The van der Waals surface area contributed by atoms with Crippen LogP contribution >= 0.6 is 0 Å². The molecule has 0 saturated heterocycles. The van der Waals surface area contributed by atoms with E-state index in [4.69, 9.17) is 5.11 Å². The van der Waals surface area contributed by atoms with Crippen molar-refractivity contribution in [2.75, 3.05) is 13.1 Å². The van der Waals surface area contributed by atoms with Crippen LogP contribution in [-0.4, -0.2) is 52.1 Å². The number of carboxylic acid groups (broad SMARTS) is 1. The Morgan fingerprint density at radius 1 is 0.950 bits per heavy atom. The van der Waals surface area contributed by atoms with E-state index in [1.54, 1.807) is 4.90 Å². The van der Waals surface area contributed by atoms with E-state index in [1.165, 1.54) is 0 Å². The van der Waals surface area contributed by atoms with E-state index in [-0.39, 0.29) is 24.5 Å². The number of rotatable bonds is 8. The van der Waals surface area contributed by atoms with Gasteiger partial charge in [0, 0.05) is 31.6 Å². The third-order valence-corrected chi connectivity index (χ3v) is 3.09. The first kappa shape index (κ1) is 18.7. The number of carbonyl (C=O) groups excluding carboxylic acids is 1. The van der Waals surface area contributed by atoms with Crippen LogP contribution in [0.1, 0.15) is 54.4 Å². The van der Waals surface area contributed by atoms with Crippen LogP contribution in [0.25, 0.3) is 0 Å². The van der Waals surface area contributed by atoms with Crippen molar-refractivity contribution >= 4 is 12.0 Å². The SMILES string of the molecule is CC(C)CN(C(=O)N(CCCC(=O)O)C(C)C)C(C)C. The van der Waals surface area contributed by atoms with Crippen LogP contribution in [0.2, 0.25) is 0 Å². The summed E-state index contributed by atoms with van der Waals surface area (Å²) in [5.74, 6) is -0.404. The van der Waals surface area contributed by atoms with Gasteiger partial charge in [0.25, 0.3) is 0 Å². The van der Waals surface area contributed by atoms with Gasteiger partial charge in [0.05, 0.1) is 0 Å². The largest absolute Gasteiger partial charge is 0.481 e. The monoisotopic (exact) mass is 286 g/mol. The predicted molar refractivity (Wildman–Crippen MR) is 80.8 cm³/mol. The third kappa shape index (κ3) is 6.78. The van der Waals surface area contributed by atoms with Gasteiger partial charge in [-0.1, -0.05) is 13.8 Å². The highest BCUT2D eigenvalue weighted by atomic mass is 16.4. The lowest BCUT2D eigenvalue weighted by Crippen LogP contribution is -2.50. The maximum atomic E-state index is 12.6. The average Bonchev–Trinajstić information content (AvgIpc) is 2.29. The summed E-state index contributed by atoms with van der Waals surface area (Å²) in [7, 11) is 0. The Morgan fingerprint density at radius 2 is 1.45 bits per heavy atom. The molecule has 0 spiro atoms. The van der Waals surface area contributed by atoms with Crippen LogP contribution in [-0.2, 0) is 4.79 Å². The van der Waals surface area contributed by atoms with E-state index in [9.17, 15) is 9.59 Å². The lowest BCUT2D eigenvalue weighted by molar-refractivity contribution is -0.137. The zero-order valence-corrected chi connectivity index (χ0v) is 13.7. The van der Waals surface area contributed by atoms with Gasteiger partial charge >= 0.3 is 12.0 Å². The van der Waals surface area contributed by atoms with Gasteiger partial charge in [-0.25, -0.2) is 4.79 Å². The van der Waals surface area contributed by atoms with Crippen molar-refractivity contribution in [2.45, 2.75) is 66.5 Å². The standard InChI is InChI=1S/C15H30N2O3/c1-11(2)10-17(13(5)6)15(20)16(12(3)4)9-7-8-14(18)19/h11-13H,7-10H2,1-6H3,(H,18,19). The van der Waals surface area contributed by atoms with Gasteiger partial charge in [0.1, 0.15) is 0 Å². The average molecular weight is 286 g/mol. The summed E-state index contributed by atoms with van der Waals surface area (Å²) in [5, 5.41) is 8.71. The Kier molecular flexibility index (Phi) is 8.26. The second-order valence-electron chi connectivity index (χ2n) is 6.21. The second-order valence-corrected chi connectivity index (χ2v) is 6.21. The Morgan fingerprint density at radius 3 is 1.80 bits per heavy atom. The molecule has 20 heavy (non-hydrogen) atoms. The van der Waals surface area contributed by atoms with Crippen molar-refractivity contribution in [3.63, 3.8) is 0 Å². The molecule has 0 unspecified atom stereocenters. The van der Waals surface area contributed by atoms with E-state index in [2.05, 4.69) is 13.8 Å². The minimum atomic E-state index is -0.816. The molecule has 0 aromatic carbocycles. The molecule has 2 amide bonds. The molecule has 0 heterocycles. The van der Waals surface area contributed by atoms with Crippen molar-refractivity contribution in [1.29, 1.82) is 0 Å². The van der Waals surface area contributed by atoms with Crippen LogP contribution in [0.4, 0.5) is 4.79 Å². The molecule has 0 radical (unpaired) electrons. The molecule has 5 heteroatoms. The zero-order chi connectivity index (χ0) is 15.9. The molecule has 0 fully saturated rings. The molecule has 0 atom stereocenters. The molecule has 0 aromatic heterocycles. The molecule has 1 N–H and O–H groups in total. The highest BCUT2D eigenvalue weighted by Gasteiger charge is 2.25. The fraction of sp³-hybridized carbons (Fsp3) is 0.867. The van der Waals surface area contributed by atoms with Gasteiger partial charge in [-0.3, -0.25) is 4.79 Å². The van der Waals surface area contributed by atoms with Crippen LogP contribution < -0.4 is 0 Å². The zero-order valence-electron chi connectivity index (χ0n) is 13.7. The van der Waals surface area contributed by atoms with Crippen molar-refractivity contribution < 1.29 is 14.7 Å². The van der Waals surface area contributed by atoms with E-state index in [0.717, 1.165) is 6.54 Å². The predicted octanol–water partition coefficient (Wildman–Crippen LogP) is 3.05. The topological polar surface area (TPSA) is 60.9 Å². The molecule has 0 aliphatic carbocycles. The van der Waals surface area contributed by atoms with Gasteiger partial charge in [0.15, 0.2) is 0 Å². The molecule has 0 aromatic rings. The molecule has 0 saturated carbocycles. The first-order valence-corrected chi connectivity index (χ1v) is 7.45. The summed E-state index contributed by atoms with van der Waals surface area (Å²) in [6.07, 6.45) is 0.592. The Bertz CT molecular complexity index is 314. The fourth-order valence-electron chi connectivity index (χ4n) is 2.04. The van der Waals surface area contributed by atoms with Gasteiger partial charge in [-0.05, 0) is 40.0 Å². The number of aliphatic carboxylic acids is 1. The number of hydrogen-bond donors (Lipinski definition) is 1. The summed E-state index contributed by atoms with van der Waals surface area (Å²) < 4.78 is 0. The molecule has 0 aliphatic heterocycles. The normalized spacial score (nSPS) is 11.2. The highest BCUT2D eigenvalue weighted by Crippen LogP contribution is 2.12. The van der Waals surface area contributed by atoms with Crippen molar-refractivity contribution in [2.24, 2.45) is 5.92 Å². The summed E-state index contributed by atoms with van der Waals surface area (Å²) in [6, 6.07) is 0.226.